The SMILES string of the molecule is CC(C)c1ccc(N(c2ccc(C(C)C)cc2)C(C)(C)C)cc1. The minimum Gasteiger partial charge on any atom is -0.336 e. The maximum Gasteiger partial charge on any atom is 0.0416 e. The summed E-state index contributed by atoms with van der Waals surface area (Å²) in [6.07, 6.45) is 0. The van der Waals surface area contributed by atoms with Crippen molar-refractivity contribution in [2.75, 3.05) is 4.90 Å². The zero-order valence-corrected chi connectivity index (χ0v) is 15.7. The molecule has 124 valence electrons. The summed E-state index contributed by atoms with van der Waals surface area (Å²) in [4.78, 5) is 2.42. The first-order valence-electron chi connectivity index (χ1n) is 8.70. The van der Waals surface area contributed by atoms with Gasteiger partial charge in [-0.05, 0) is 68.0 Å². The van der Waals surface area contributed by atoms with Crippen LogP contribution < -0.4 is 4.90 Å². The van der Waals surface area contributed by atoms with Crippen molar-refractivity contribution in [3.8, 4) is 0 Å². The highest BCUT2D eigenvalue weighted by molar-refractivity contribution is 5.66. The Hall–Kier alpha value is -1.76. The van der Waals surface area contributed by atoms with E-state index in [-0.39, 0.29) is 5.54 Å². The van der Waals surface area contributed by atoms with Crippen LogP contribution in [-0.2, 0) is 0 Å². The summed E-state index contributed by atoms with van der Waals surface area (Å²) in [5.74, 6) is 1.13. The van der Waals surface area contributed by atoms with Crippen LogP contribution in [0.1, 0.15) is 71.4 Å². The number of benzene rings is 2. The molecule has 2 rings (SSSR count). The largest absolute Gasteiger partial charge is 0.336 e. The van der Waals surface area contributed by atoms with Crippen LogP contribution in [0.4, 0.5) is 11.4 Å². The van der Waals surface area contributed by atoms with E-state index in [1.807, 2.05) is 0 Å². The fourth-order valence-electron chi connectivity index (χ4n) is 2.94. The van der Waals surface area contributed by atoms with Crippen molar-refractivity contribution in [2.24, 2.45) is 0 Å². The van der Waals surface area contributed by atoms with E-state index in [0.717, 1.165) is 0 Å². The number of hydrogen-bond acceptors (Lipinski definition) is 1. The molecule has 0 spiro atoms. The van der Waals surface area contributed by atoms with E-state index in [1.165, 1.54) is 22.5 Å². The van der Waals surface area contributed by atoms with Gasteiger partial charge < -0.3 is 4.90 Å². The van der Waals surface area contributed by atoms with Gasteiger partial charge in [-0.15, -0.1) is 0 Å². The second-order valence-electron chi connectivity index (χ2n) is 8.00. The molecule has 23 heavy (non-hydrogen) atoms. The minimum atomic E-state index is 0.0265. The molecule has 0 aliphatic heterocycles. The normalized spacial score (nSPS) is 12.0. The van der Waals surface area contributed by atoms with Crippen LogP contribution >= 0.6 is 0 Å². The average Bonchev–Trinajstić information content (AvgIpc) is 2.47. The van der Waals surface area contributed by atoms with Crippen LogP contribution in [0, 0.1) is 0 Å². The fraction of sp³-hybridized carbons (Fsp3) is 0.455. The Morgan fingerprint density at radius 1 is 0.609 bits per heavy atom. The lowest BCUT2D eigenvalue weighted by molar-refractivity contribution is 0.560. The third-order valence-electron chi connectivity index (χ3n) is 4.31. The van der Waals surface area contributed by atoms with E-state index in [4.69, 9.17) is 0 Å². The summed E-state index contributed by atoms with van der Waals surface area (Å²) < 4.78 is 0. The molecule has 0 bridgehead atoms. The Bertz CT molecular complexity index is 561. The molecule has 0 heterocycles. The predicted molar refractivity (Wildman–Crippen MR) is 103 cm³/mol. The van der Waals surface area contributed by atoms with Crippen molar-refractivity contribution in [2.45, 2.75) is 65.8 Å². The summed E-state index contributed by atoms with van der Waals surface area (Å²) in [6.45, 7) is 15.7. The zero-order valence-electron chi connectivity index (χ0n) is 15.7. The molecule has 0 unspecified atom stereocenters. The van der Waals surface area contributed by atoms with Crippen molar-refractivity contribution in [3.05, 3.63) is 59.7 Å². The van der Waals surface area contributed by atoms with Crippen LogP contribution in [0.2, 0.25) is 0 Å². The van der Waals surface area contributed by atoms with Gasteiger partial charge in [-0.3, -0.25) is 0 Å². The van der Waals surface area contributed by atoms with Gasteiger partial charge in [-0.2, -0.15) is 0 Å². The Morgan fingerprint density at radius 3 is 1.13 bits per heavy atom. The zero-order chi connectivity index (χ0) is 17.2. The molecular weight excluding hydrogens is 278 g/mol. The number of rotatable bonds is 4. The van der Waals surface area contributed by atoms with Gasteiger partial charge in [0.05, 0.1) is 0 Å². The molecular formula is C22H31N. The highest BCUT2D eigenvalue weighted by Crippen LogP contribution is 2.34. The highest BCUT2D eigenvalue weighted by Gasteiger charge is 2.23. The monoisotopic (exact) mass is 309 g/mol. The van der Waals surface area contributed by atoms with Gasteiger partial charge in [0.15, 0.2) is 0 Å². The number of anilines is 2. The second kappa shape index (κ2) is 6.78. The van der Waals surface area contributed by atoms with E-state index in [1.54, 1.807) is 0 Å². The third-order valence-corrected chi connectivity index (χ3v) is 4.31. The summed E-state index contributed by atoms with van der Waals surface area (Å²) in [5.41, 5.74) is 5.30. The molecule has 0 fully saturated rings. The molecule has 0 aliphatic carbocycles. The lowest BCUT2D eigenvalue weighted by Crippen LogP contribution is -2.37. The second-order valence-corrected chi connectivity index (χ2v) is 8.00. The molecule has 0 atom stereocenters. The summed E-state index contributed by atoms with van der Waals surface area (Å²) in [6, 6.07) is 18.0. The van der Waals surface area contributed by atoms with Gasteiger partial charge in [0, 0.05) is 16.9 Å². The van der Waals surface area contributed by atoms with Crippen molar-refractivity contribution in [1.29, 1.82) is 0 Å². The van der Waals surface area contributed by atoms with Crippen LogP contribution in [0.5, 0.6) is 0 Å². The highest BCUT2D eigenvalue weighted by atomic mass is 15.2. The van der Waals surface area contributed by atoms with E-state index in [2.05, 4.69) is 102 Å². The van der Waals surface area contributed by atoms with Crippen molar-refractivity contribution >= 4 is 11.4 Å². The van der Waals surface area contributed by atoms with Crippen LogP contribution in [0.25, 0.3) is 0 Å². The van der Waals surface area contributed by atoms with Crippen LogP contribution in [0.3, 0.4) is 0 Å². The van der Waals surface area contributed by atoms with Crippen LogP contribution in [0.15, 0.2) is 48.5 Å². The Balaban J connectivity index is 2.41. The maximum absolute atomic E-state index is 2.42. The van der Waals surface area contributed by atoms with Crippen molar-refractivity contribution in [3.63, 3.8) is 0 Å². The smallest absolute Gasteiger partial charge is 0.0416 e. The van der Waals surface area contributed by atoms with Gasteiger partial charge in [-0.25, -0.2) is 0 Å². The number of hydrogen-bond donors (Lipinski definition) is 0. The third kappa shape index (κ3) is 4.16. The van der Waals surface area contributed by atoms with Crippen molar-refractivity contribution < 1.29 is 0 Å². The summed E-state index contributed by atoms with van der Waals surface area (Å²) in [7, 11) is 0. The minimum absolute atomic E-state index is 0.0265. The topological polar surface area (TPSA) is 3.24 Å². The first-order chi connectivity index (χ1) is 10.7. The van der Waals surface area contributed by atoms with E-state index in [9.17, 15) is 0 Å². The predicted octanol–water partition coefficient (Wildman–Crippen LogP) is 6.87. The van der Waals surface area contributed by atoms with Crippen LogP contribution in [-0.4, -0.2) is 5.54 Å². The molecule has 1 heteroatoms. The molecule has 0 saturated heterocycles. The van der Waals surface area contributed by atoms with E-state index >= 15 is 0 Å². The molecule has 2 aromatic rings. The lowest BCUT2D eigenvalue weighted by atomic mass is 9.98. The Morgan fingerprint density at radius 2 is 0.913 bits per heavy atom. The van der Waals surface area contributed by atoms with E-state index < -0.39 is 0 Å². The molecule has 1 nitrogen and oxygen atoms in total. The summed E-state index contributed by atoms with van der Waals surface area (Å²) in [5, 5.41) is 0. The first-order valence-corrected chi connectivity index (χ1v) is 8.70. The number of nitrogens with zero attached hydrogens (tertiary/aromatic N) is 1. The molecule has 0 N–H and O–H groups in total. The Labute approximate surface area is 142 Å². The molecule has 0 radical (unpaired) electrons. The van der Waals surface area contributed by atoms with Gasteiger partial charge in [0.1, 0.15) is 0 Å². The molecule has 2 aromatic carbocycles. The molecule has 0 saturated carbocycles. The standard InChI is InChI=1S/C22H31N/c1-16(2)18-8-12-20(13-9-18)23(22(5,6)7)21-14-10-19(11-15-21)17(3)4/h8-17H,1-7H3. The van der Waals surface area contributed by atoms with Crippen molar-refractivity contribution in [1.82, 2.24) is 0 Å². The quantitative estimate of drug-likeness (QED) is 0.595. The summed E-state index contributed by atoms with van der Waals surface area (Å²) >= 11 is 0. The first kappa shape index (κ1) is 17.6. The average molecular weight is 309 g/mol. The molecule has 0 amide bonds. The van der Waals surface area contributed by atoms with Gasteiger partial charge in [0.25, 0.3) is 0 Å². The fourth-order valence-corrected chi connectivity index (χ4v) is 2.94. The Kier molecular flexibility index (Phi) is 5.19. The van der Waals surface area contributed by atoms with Gasteiger partial charge in [-0.1, -0.05) is 52.0 Å². The lowest BCUT2D eigenvalue weighted by Gasteiger charge is -2.38. The molecule has 0 aliphatic rings. The maximum atomic E-state index is 2.42. The van der Waals surface area contributed by atoms with Gasteiger partial charge >= 0.3 is 0 Å². The van der Waals surface area contributed by atoms with Gasteiger partial charge in [0.2, 0.25) is 0 Å². The molecule has 0 aromatic heterocycles. The van der Waals surface area contributed by atoms with E-state index in [0.29, 0.717) is 11.8 Å².